The molecule has 0 bridgehead atoms. The number of hydrogen-bond donors (Lipinski definition) is 0. The topological polar surface area (TPSA) is 130 Å². The van der Waals surface area contributed by atoms with Crippen molar-refractivity contribution in [2.24, 2.45) is 4.99 Å². The fourth-order valence-corrected chi connectivity index (χ4v) is 5.16. The van der Waals surface area contributed by atoms with Crippen LogP contribution in [0.4, 0.5) is 5.69 Å². The largest absolute Gasteiger partial charge is 0.497 e. The van der Waals surface area contributed by atoms with E-state index in [2.05, 4.69) is 4.99 Å². The third-order valence-electron chi connectivity index (χ3n) is 4.49. The van der Waals surface area contributed by atoms with E-state index in [1.54, 1.807) is 10.6 Å². The number of hydrogen-bond acceptors (Lipinski definition) is 8. The summed E-state index contributed by atoms with van der Waals surface area (Å²) in [6, 6.07) is 10.1. The quantitative estimate of drug-likeness (QED) is 0.262. The van der Waals surface area contributed by atoms with Crippen LogP contribution in [0.5, 0.6) is 5.75 Å². The molecule has 10 nitrogen and oxygen atoms in total. The Bertz CT molecular complexity index is 1310. The molecule has 0 fully saturated rings. The summed E-state index contributed by atoms with van der Waals surface area (Å²) in [5, 5.41) is 11.1. The summed E-state index contributed by atoms with van der Waals surface area (Å²) in [4.78, 5) is 27.4. The van der Waals surface area contributed by atoms with E-state index in [1.807, 2.05) is 6.92 Å². The molecule has 12 heteroatoms. The van der Waals surface area contributed by atoms with Crippen LogP contribution >= 0.6 is 11.3 Å². The van der Waals surface area contributed by atoms with Gasteiger partial charge in [-0.15, -0.1) is 0 Å². The number of fused-ring (bicyclic) bond motifs is 1. The smallest absolute Gasteiger partial charge is 0.270 e. The molecular weight excluding hydrogens is 458 g/mol. The van der Waals surface area contributed by atoms with E-state index >= 15 is 0 Å². The van der Waals surface area contributed by atoms with Crippen LogP contribution in [-0.4, -0.2) is 49.9 Å². The van der Waals surface area contributed by atoms with Gasteiger partial charge in [0.2, 0.25) is 0 Å². The number of methoxy groups -OCH3 is 1. The molecule has 3 aromatic rings. The number of thiazole rings is 1. The third-order valence-corrected chi connectivity index (χ3v) is 7.15. The van der Waals surface area contributed by atoms with Gasteiger partial charge in [-0.1, -0.05) is 11.3 Å². The lowest BCUT2D eigenvalue weighted by Gasteiger charge is -2.06. The van der Waals surface area contributed by atoms with Gasteiger partial charge in [0.1, 0.15) is 11.5 Å². The molecule has 1 aromatic heterocycles. The van der Waals surface area contributed by atoms with Crippen molar-refractivity contribution in [3.05, 3.63) is 57.4 Å². The second kappa shape index (κ2) is 10.0. The van der Waals surface area contributed by atoms with Crippen molar-refractivity contribution < 1.29 is 27.6 Å². The molecule has 0 spiro atoms. The average Bonchev–Trinajstić information content (AvgIpc) is 3.09. The van der Waals surface area contributed by atoms with E-state index in [-0.39, 0.29) is 15.4 Å². The second-order valence-corrected chi connectivity index (χ2v) is 9.58. The minimum atomic E-state index is -3.90. The molecule has 0 aliphatic heterocycles. The molecule has 0 aliphatic rings. The maximum Gasteiger partial charge on any atom is 0.270 e. The molecule has 170 valence electrons. The van der Waals surface area contributed by atoms with Crippen LogP contribution in [0.3, 0.4) is 0 Å². The van der Waals surface area contributed by atoms with Crippen LogP contribution in [0.15, 0.2) is 52.4 Å². The number of ether oxygens (including phenoxy) is 2. The zero-order valence-corrected chi connectivity index (χ0v) is 19.0. The van der Waals surface area contributed by atoms with Crippen molar-refractivity contribution >= 4 is 43.0 Å². The molecular formula is C20H21N3O7S2. The van der Waals surface area contributed by atoms with Crippen molar-refractivity contribution in [1.29, 1.82) is 0 Å². The fourth-order valence-electron chi connectivity index (χ4n) is 2.94. The van der Waals surface area contributed by atoms with Gasteiger partial charge < -0.3 is 14.0 Å². The number of carbonyl (C=O) groups is 1. The van der Waals surface area contributed by atoms with Gasteiger partial charge >= 0.3 is 0 Å². The second-order valence-electron chi connectivity index (χ2n) is 6.58. The number of amides is 1. The molecule has 0 aliphatic carbocycles. The monoisotopic (exact) mass is 479 g/mol. The number of non-ortho nitro benzene ring substituents is 1. The Kier molecular flexibility index (Phi) is 7.38. The van der Waals surface area contributed by atoms with Crippen LogP contribution in [0.1, 0.15) is 6.92 Å². The van der Waals surface area contributed by atoms with E-state index in [9.17, 15) is 23.3 Å². The number of nitro benzene ring substituents is 1. The van der Waals surface area contributed by atoms with Crippen molar-refractivity contribution in [1.82, 2.24) is 4.57 Å². The summed E-state index contributed by atoms with van der Waals surface area (Å²) in [7, 11) is -2.44. The first-order valence-electron chi connectivity index (χ1n) is 9.55. The Labute approximate surface area is 187 Å². The van der Waals surface area contributed by atoms with E-state index in [0.29, 0.717) is 35.7 Å². The number of rotatable bonds is 9. The lowest BCUT2D eigenvalue weighted by atomic mass is 10.3. The van der Waals surface area contributed by atoms with Crippen molar-refractivity contribution in [2.75, 3.05) is 26.1 Å². The van der Waals surface area contributed by atoms with Gasteiger partial charge in [-0.25, -0.2) is 8.42 Å². The van der Waals surface area contributed by atoms with Gasteiger partial charge in [-0.05, 0) is 37.3 Å². The van der Waals surface area contributed by atoms with Gasteiger partial charge in [-0.3, -0.25) is 14.9 Å². The van der Waals surface area contributed by atoms with Crippen molar-refractivity contribution in [3.8, 4) is 5.75 Å². The molecule has 0 radical (unpaired) electrons. The molecule has 32 heavy (non-hydrogen) atoms. The van der Waals surface area contributed by atoms with Crippen LogP contribution in [-0.2, 0) is 25.9 Å². The highest BCUT2D eigenvalue weighted by Crippen LogP contribution is 2.23. The zero-order chi connectivity index (χ0) is 23.3. The highest BCUT2D eigenvalue weighted by molar-refractivity contribution is 7.92. The Hall–Kier alpha value is -3.09. The zero-order valence-electron chi connectivity index (χ0n) is 17.4. The van der Waals surface area contributed by atoms with Gasteiger partial charge in [-0.2, -0.15) is 4.99 Å². The first-order valence-corrected chi connectivity index (χ1v) is 12.0. The molecule has 0 unspecified atom stereocenters. The van der Waals surface area contributed by atoms with Gasteiger partial charge in [0.05, 0.1) is 33.8 Å². The molecule has 1 heterocycles. The number of benzene rings is 2. The van der Waals surface area contributed by atoms with E-state index in [0.717, 1.165) is 11.3 Å². The molecule has 0 atom stereocenters. The van der Waals surface area contributed by atoms with Crippen LogP contribution in [0.2, 0.25) is 0 Å². The van der Waals surface area contributed by atoms with Gasteiger partial charge in [0.15, 0.2) is 14.6 Å². The summed E-state index contributed by atoms with van der Waals surface area (Å²) in [6.45, 7) is 3.03. The Morgan fingerprint density at radius 1 is 1.22 bits per heavy atom. The number of sulfone groups is 1. The van der Waals surface area contributed by atoms with E-state index < -0.39 is 26.4 Å². The molecule has 0 N–H and O–H groups in total. The Morgan fingerprint density at radius 3 is 2.56 bits per heavy atom. The summed E-state index contributed by atoms with van der Waals surface area (Å²) in [5.41, 5.74) is 0.556. The third kappa shape index (κ3) is 5.39. The minimum absolute atomic E-state index is 0.0157. The maximum atomic E-state index is 12.6. The predicted octanol–water partition coefficient (Wildman–Crippen LogP) is 2.56. The normalized spacial score (nSPS) is 12.2. The van der Waals surface area contributed by atoms with Crippen LogP contribution in [0, 0.1) is 10.1 Å². The van der Waals surface area contributed by atoms with E-state index in [1.165, 1.54) is 43.5 Å². The standard InChI is InChI=1S/C20H21N3O7S2/c1-3-30-11-10-22-17-9-4-14(23(25)26)12-18(17)31-20(22)21-19(24)13-32(27,28)16-7-5-15(29-2)6-8-16/h4-9,12H,3,10-11,13H2,1-2H3. The summed E-state index contributed by atoms with van der Waals surface area (Å²) >= 11 is 1.07. The lowest BCUT2D eigenvalue weighted by molar-refractivity contribution is -0.384. The van der Waals surface area contributed by atoms with E-state index in [4.69, 9.17) is 9.47 Å². The SMILES string of the molecule is CCOCCn1c(=NC(=O)CS(=O)(=O)c2ccc(OC)cc2)sc2cc([N+](=O)[O-])ccc21. The first kappa shape index (κ1) is 23.6. The molecule has 1 amide bonds. The van der Waals surface area contributed by atoms with Crippen molar-refractivity contribution in [3.63, 3.8) is 0 Å². The highest BCUT2D eigenvalue weighted by atomic mass is 32.2. The predicted molar refractivity (Wildman–Crippen MR) is 119 cm³/mol. The number of nitro groups is 1. The first-order chi connectivity index (χ1) is 15.2. The van der Waals surface area contributed by atoms with Gasteiger partial charge in [0, 0.05) is 25.3 Å². The molecule has 2 aromatic carbocycles. The minimum Gasteiger partial charge on any atom is -0.497 e. The molecule has 0 saturated heterocycles. The highest BCUT2D eigenvalue weighted by Gasteiger charge is 2.20. The summed E-state index contributed by atoms with van der Waals surface area (Å²) in [6.07, 6.45) is 0. The molecule has 3 rings (SSSR count). The molecule has 0 saturated carbocycles. The fraction of sp³-hybridized carbons (Fsp3) is 0.300. The lowest BCUT2D eigenvalue weighted by Crippen LogP contribution is -2.22. The number of aromatic nitrogens is 1. The maximum absolute atomic E-state index is 12.6. The summed E-state index contributed by atoms with van der Waals surface area (Å²) < 4.78 is 37.8. The summed E-state index contributed by atoms with van der Waals surface area (Å²) in [5.74, 6) is -1.15. The Morgan fingerprint density at radius 2 is 1.94 bits per heavy atom. The van der Waals surface area contributed by atoms with Crippen molar-refractivity contribution in [2.45, 2.75) is 18.4 Å². The Balaban J connectivity index is 1.96. The number of carbonyl (C=O) groups excluding carboxylic acids is 1. The van der Waals surface area contributed by atoms with Gasteiger partial charge in [0.25, 0.3) is 11.6 Å². The van der Waals surface area contributed by atoms with Crippen LogP contribution in [0.25, 0.3) is 10.2 Å². The average molecular weight is 480 g/mol. The number of nitrogens with zero attached hydrogens (tertiary/aromatic N) is 3. The van der Waals surface area contributed by atoms with Crippen LogP contribution < -0.4 is 9.54 Å².